The van der Waals surface area contributed by atoms with E-state index in [4.69, 9.17) is 4.74 Å². The van der Waals surface area contributed by atoms with Crippen LogP contribution < -0.4 is 10.2 Å². The maximum atomic E-state index is 13.5. The number of nitrogens with one attached hydrogen (secondary N) is 1. The molecule has 0 aromatic heterocycles. The third-order valence-corrected chi connectivity index (χ3v) is 7.22. The highest BCUT2D eigenvalue weighted by Crippen LogP contribution is 2.46. The van der Waals surface area contributed by atoms with Gasteiger partial charge in [-0.05, 0) is 80.5 Å². The zero-order valence-electron chi connectivity index (χ0n) is 21.7. The molecule has 0 saturated carbocycles. The predicted octanol–water partition coefficient (Wildman–Crippen LogP) is 6.85. The van der Waals surface area contributed by atoms with E-state index in [9.17, 15) is 35.9 Å². The van der Waals surface area contributed by atoms with E-state index in [0.29, 0.717) is 29.8 Å². The Morgan fingerprint density at radius 1 is 1.05 bits per heavy atom. The monoisotopic (exact) mass is 557 g/mol. The van der Waals surface area contributed by atoms with Crippen LogP contribution in [0.3, 0.4) is 0 Å². The van der Waals surface area contributed by atoms with E-state index in [1.807, 2.05) is 6.07 Å². The summed E-state index contributed by atoms with van der Waals surface area (Å²) in [6.45, 7) is 3.07. The van der Waals surface area contributed by atoms with Gasteiger partial charge in [0.25, 0.3) is 0 Å². The van der Waals surface area contributed by atoms with Gasteiger partial charge in [-0.2, -0.15) is 26.3 Å². The minimum absolute atomic E-state index is 0.0653. The van der Waals surface area contributed by atoms with Crippen LogP contribution in [0.1, 0.15) is 66.1 Å². The van der Waals surface area contributed by atoms with Gasteiger partial charge in [0.2, 0.25) is 0 Å². The normalized spacial score (nSPS) is 18.8. The fourth-order valence-electron chi connectivity index (χ4n) is 5.58. The van der Waals surface area contributed by atoms with Gasteiger partial charge in [-0.1, -0.05) is 6.07 Å². The van der Waals surface area contributed by atoms with E-state index >= 15 is 0 Å². The Hall–Kier alpha value is -3.44. The molecule has 0 radical (unpaired) electrons. The fourth-order valence-corrected chi connectivity index (χ4v) is 5.58. The Morgan fingerprint density at radius 3 is 2.26 bits per heavy atom. The molecular weight excluding hydrogens is 528 g/mol. The first-order chi connectivity index (χ1) is 18.3. The molecule has 1 aliphatic heterocycles. The van der Waals surface area contributed by atoms with Crippen molar-refractivity contribution in [1.82, 2.24) is 10.2 Å². The molecule has 39 heavy (non-hydrogen) atoms. The molecule has 0 spiro atoms. The summed E-state index contributed by atoms with van der Waals surface area (Å²) < 4.78 is 86.4. The summed E-state index contributed by atoms with van der Waals surface area (Å²) in [5, 5.41) is 2.48. The molecule has 6 nitrogen and oxygen atoms in total. The van der Waals surface area contributed by atoms with Gasteiger partial charge in [-0.3, -0.25) is 4.90 Å². The van der Waals surface area contributed by atoms with Gasteiger partial charge in [0.05, 0.1) is 29.5 Å². The van der Waals surface area contributed by atoms with E-state index in [0.717, 1.165) is 24.0 Å². The zero-order chi connectivity index (χ0) is 28.7. The molecule has 2 aromatic rings. The Balaban J connectivity index is 1.85. The number of hydrogen-bond acceptors (Lipinski definition) is 3. The number of aryl methyl sites for hydroxylation is 1. The summed E-state index contributed by atoms with van der Waals surface area (Å²) >= 11 is 0. The third-order valence-electron chi connectivity index (χ3n) is 7.22. The molecule has 4 rings (SSSR count). The maximum Gasteiger partial charge on any atom is 0.416 e. The molecule has 12 heteroatoms. The van der Waals surface area contributed by atoms with Crippen LogP contribution in [0.4, 0.5) is 41.6 Å². The molecule has 1 heterocycles. The fraction of sp³-hybridized carbons (Fsp3) is 0.481. The lowest BCUT2D eigenvalue weighted by atomic mass is 9.85. The SMILES string of the molecule is CCOC(=O)N1c2ccc3c(c2[C@H](N(Cc2cc(C(F)(F)F)cc(C(F)(F)F)c2)C(=O)NC)C[C@@H]1C)CCC3. The number of ether oxygens (including phenoxy) is 1. The van der Waals surface area contributed by atoms with Crippen molar-refractivity contribution in [2.75, 3.05) is 18.6 Å². The lowest BCUT2D eigenvalue weighted by Gasteiger charge is -2.44. The van der Waals surface area contributed by atoms with Crippen LogP contribution in [0.5, 0.6) is 0 Å². The third kappa shape index (κ3) is 5.65. The number of anilines is 1. The van der Waals surface area contributed by atoms with Gasteiger partial charge in [0, 0.05) is 25.2 Å². The van der Waals surface area contributed by atoms with Crippen LogP contribution in [0.2, 0.25) is 0 Å². The highest BCUT2D eigenvalue weighted by atomic mass is 19.4. The van der Waals surface area contributed by atoms with E-state index in [1.165, 1.54) is 16.8 Å². The molecular formula is C27H29F6N3O3. The molecule has 2 aliphatic rings. The smallest absolute Gasteiger partial charge is 0.416 e. The highest BCUT2D eigenvalue weighted by Gasteiger charge is 2.42. The van der Waals surface area contributed by atoms with Crippen molar-refractivity contribution in [3.05, 3.63) is 63.7 Å². The Kier molecular flexibility index (Phi) is 7.77. The van der Waals surface area contributed by atoms with E-state index in [-0.39, 0.29) is 24.7 Å². The Bertz CT molecular complexity index is 1230. The largest absolute Gasteiger partial charge is 0.449 e. The molecule has 2 atom stereocenters. The van der Waals surface area contributed by atoms with Crippen LogP contribution >= 0.6 is 0 Å². The highest BCUT2D eigenvalue weighted by molar-refractivity contribution is 5.91. The van der Waals surface area contributed by atoms with Gasteiger partial charge in [0.15, 0.2) is 0 Å². The van der Waals surface area contributed by atoms with Crippen molar-refractivity contribution in [3.8, 4) is 0 Å². The van der Waals surface area contributed by atoms with E-state index in [1.54, 1.807) is 19.9 Å². The van der Waals surface area contributed by atoms with Crippen molar-refractivity contribution >= 4 is 17.8 Å². The molecule has 1 aliphatic carbocycles. The maximum absolute atomic E-state index is 13.5. The Morgan fingerprint density at radius 2 is 1.69 bits per heavy atom. The van der Waals surface area contributed by atoms with Crippen LogP contribution in [0.25, 0.3) is 0 Å². The van der Waals surface area contributed by atoms with Crippen LogP contribution in [-0.4, -0.2) is 36.7 Å². The number of carbonyl (C=O) groups is 2. The molecule has 1 N–H and O–H groups in total. The second-order valence-corrected chi connectivity index (χ2v) is 9.76. The number of alkyl halides is 6. The summed E-state index contributed by atoms with van der Waals surface area (Å²) in [5.74, 6) is 0. The van der Waals surface area contributed by atoms with Crippen LogP contribution in [0.15, 0.2) is 30.3 Å². The number of urea groups is 1. The van der Waals surface area contributed by atoms with Crippen molar-refractivity contribution < 1.29 is 40.7 Å². The van der Waals surface area contributed by atoms with Crippen molar-refractivity contribution in [3.63, 3.8) is 0 Å². The molecule has 0 unspecified atom stereocenters. The van der Waals surface area contributed by atoms with Gasteiger partial charge in [-0.15, -0.1) is 0 Å². The number of carbonyl (C=O) groups excluding carboxylic acids is 2. The summed E-state index contributed by atoms with van der Waals surface area (Å²) in [7, 11) is 1.34. The molecule has 212 valence electrons. The molecule has 0 saturated heterocycles. The predicted molar refractivity (Wildman–Crippen MR) is 131 cm³/mol. The average Bonchev–Trinajstić information content (AvgIpc) is 3.34. The summed E-state index contributed by atoms with van der Waals surface area (Å²) in [6.07, 6.45) is -8.09. The van der Waals surface area contributed by atoms with Gasteiger partial charge >= 0.3 is 24.5 Å². The Labute approximate surface area is 221 Å². The number of fused-ring (bicyclic) bond motifs is 3. The topological polar surface area (TPSA) is 61.9 Å². The number of rotatable bonds is 4. The minimum Gasteiger partial charge on any atom is -0.449 e. The van der Waals surface area contributed by atoms with Crippen molar-refractivity contribution in [2.45, 2.75) is 70.5 Å². The van der Waals surface area contributed by atoms with Gasteiger partial charge < -0.3 is 15.0 Å². The van der Waals surface area contributed by atoms with Crippen molar-refractivity contribution in [2.24, 2.45) is 0 Å². The first kappa shape index (κ1) is 28.6. The summed E-state index contributed by atoms with van der Waals surface area (Å²) in [6, 6.07) is 3.18. The molecule has 0 bridgehead atoms. The second kappa shape index (κ2) is 10.6. The average molecular weight is 558 g/mol. The van der Waals surface area contributed by atoms with Crippen LogP contribution in [-0.2, 0) is 36.5 Å². The number of amides is 3. The molecule has 3 amide bonds. The lowest BCUT2D eigenvalue weighted by Crippen LogP contribution is -2.49. The van der Waals surface area contributed by atoms with Crippen LogP contribution in [0, 0.1) is 0 Å². The van der Waals surface area contributed by atoms with Gasteiger partial charge in [-0.25, -0.2) is 9.59 Å². The number of benzene rings is 2. The number of hydrogen-bond donors (Lipinski definition) is 1. The molecule has 2 aromatic carbocycles. The van der Waals surface area contributed by atoms with E-state index in [2.05, 4.69) is 5.32 Å². The summed E-state index contributed by atoms with van der Waals surface area (Å²) in [5.41, 5.74) is -0.0446. The zero-order valence-corrected chi connectivity index (χ0v) is 21.7. The number of halogens is 6. The lowest BCUT2D eigenvalue weighted by molar-refractivity contribution is -0.143. The summed E-state index contributed by atoms with van der Waals surface area (Å²) in [4.78, 5) is 28.8. The second-order valence-electron chi connectivity index (χ2n) is 9.76. The molecule has 0 fully saturated rings. The standard InChI is InChI=1S/C27H29F6N3O3/c1-4-39-25(38)36-15(2)10-22(23-20-7-5-6-17(20)8-9-21(23)36)35(24(37)34-3)14-16-11-18(26(28,29)30)13-19(12-16)27(31,32)33/h8-9,11-13,15,22H,4-7,10,14H2,1-3H3,(H,34,37)/t15-,22+/m0/s1. The first-order valence-electron chi connectivity index (χ1n) is 12.6. The van der Waals surface area contributed by atoms with E-state index < -0.39 is 54.2 Å². The number of nitrogens with zero attached hydrogens (tertiary/aromatic N) is 2. The first-order valence-corrected chi connectivity index (χ1v) is 12.6. The van der Waals surface area contributed by atoms with Crippen molar-refractivity contribution in [1.29, 1.82) is 0 Å². The minimum atomic E-state index is -5.01. The van der Waals surface area contributed by atoms with Gasteiger partial charge in [0.1, 0.15) is 0 Å². The quantitative estimate of drug-likeness (QED) is 0.419.